The van der Waals surface area contributed by atoms with E-state index in [1.165, 1.54) is 0 Å². The molecular weight excluding hydrogens is 291 g/mol. The van der Waals surface area contributed by atoms with Crippen LogP contribution in [0.15, 0.2) is 6.20 Å². The van der Waals surface area contributed by atoms with Crippen molar-refractivity contribution in [2.75, 3.05) is 0 Å². The molecule has 0 bridgehead atoms. The number of rotatable bonds is 5. The Bertz CT molecular complexity index is 504. The second-order valence-electron chi connectivity index (χ2n) is 3.60. The predicted molar refractivity (Wildman–Crippen MR) is 55.1 cm³/mol. The highest BCUT2D eigenvalue weighted by Crippen LogP contribution is 2.33. The molecule has 3 N–H and O–H groups in total. The third kappa shape index (κ3) is 4.02. The highest BCUT2D eigenvalue weighted by Gasteiger charge is 2.34. The molecule has 0 aliphatic heterocycles. The van der Waals surface area contributed by atoms with Gasteiger partial charge in [0, 0.05) is 23.9 Å². The first-order chi connectivity index (χ1) is 9.15. The van der Waals surface area contributed by atoms with Crippen molar-refractivity contribution in [3.63, 3.8) is 0 Å². The van der Waals surface area contributed by atoms with Crippen molar-refractivity contribution in [1.82, 2.24) is 4.98 Å². The minimum absolute atomic E-state index is 0.414. The molecule has 0 fully saturated rings. The number of halogens is 5. The topological polar surface area (TPSA) is 85.4 Å². The Morgan fingerprint density at radius 2 is 2.05 bits per heavy atom. The van der Waals surface area contributed by atoms with Gasteiger partial charge in [-0.25, -0.2) is 13.8 Å². The van der Waals surface area contributed by atoms with Crippen LogP contribution in [-0.4, -0.2) is 22.4 Å². The highest BCUT2D eigenvalue weighted by atomic mass is 19.4. The summed E-state index contributed by atoms with van der Waals surface area (Å²) in [5.74, 6) is -2.54. The van der Waals surface area contributed by atoms with E-state index in [-0.39, 0.29) is 0 Å². The number of nitrogens with zero attached hydrogens (tertiary/aromatic N) is 1. The fourth-order valence-electron chi connectivity index (χ4n) is 1.56. The van der Waals surface area contributed by atoms with Crippen LogP contribution in [-0.2, 0) is 17.8 Å². The van der Waals surface area contributed by atoms with Crippen molar-refractivity contribution in [3.8, 4) is 5.88 Å². The van der Waals surface area contributed by atoms with Gasteiger partial charge in [-0.05, 0) is 5.56 Å². The molecule has 1 aromatic rings. The number of carboxylic acid groups (broad SMARTS) is 1. The van der Waals surface area contributed by atoms with E-state index in [2.05, 4.69) is 9.72 Å². The van der Waals surface area contributed by atoms with Gasteiger partial charge < -0.3 is 15.6 Å². The molecule has 0 saturated carbocycles. The number of pyridine rings is 1. The summed E-state index contributed by atoms with van der Waals surface area (Å²) < 4.78 is 65.7. The Morgan fingerprint density at radius 3 is 2.45 bits per heavy atom. The lowest BCUT2D eigenvalue weighted by molar-refractivity contribution is -0.276. The SMILES string of the molecule is NCc1c(OC(F)(F)F)ncc(CC(=O)O)c1C(F)F. The molecule has 5 nitrogen and oxygen atoms in total. The maximum atomic E-state index is 12.9. The van der Waals surface area contributed by atoms with Crippen molar-refractivity contribution in [3.05, 3.63) is 22.9 Å². The fraction of sp³-hybridized carbons (Fsp3) is 0.400. The summed E-state index contributed by atoms with van der Waals surface area (Å²) in [6.45, 7) is -0.703. The summed E-state index contributed by atoms with van der Waals surface area (Å²) in [5.41, 5.74) is 3.16. The van der Waals surface area contributed by atoms with Gasteiger partial charge in [-0.3, -0.25) is 4.79 Å². The van der Waals surface area contributed by atoms with Crippen LogP contribution in [0.4, 0.5) is 22.0 Å². The van der Waals surface area contributed by atoms with Gasteiger partial charge in [0.15, 0.2) is 0 Å². The van der Waals surface area contributed by atoms with Crippen molar-refractivity contribution < 1.29 is 36.6 Å². The van der Waals surface area contributed by atoms with Gasteiger partial charge >= 0.3 is 12.3 Å². The smallest absolute Gasteiger partial charge is 0.481 e. The molecule has 10 heteroatoms. The van der Waals surface area contributed by atoms with E-state index in [0.717, 1.165) is 0 Å². The summed E-state index contributed by atoms with van der Waals surface area (Å²) >= 11 is 0. The van der Waals surface area contributed by atoms with Gasteiger partial charge in [-0.2, -0.15) is 0 Å². The van der Waals surface area contributed by atoms with Crippen LogP contribution in [0.2, 0.25) is 0 Å². The molecule has 1 aromatic heterocycles. The van der Waals surface area contributed by atoms with E-state index in [0.29, 0.717) is 6.20 Å². The average molecular weight is 300 g/mol. The van der Waals surface area contributed by atoms with Gasteiger partial charge in [-0.1, -0.05) is 0 Å². The number of hydrogen-bond donors (Lipinski definition) is 2. The summed E-state index contributed by atoms with van der Waals surface area (Å²) in [6, 6.07) is 0. The Labute approximate surface area is 109 Å². The lowest BCUT2D eigenvalue weighted by Gasteiger charge is -2.16. The molecule has 0 unspecified atom stereocenters. The van der Waals surface area contributed by atoms with E-state index in [9.17, 15) is 26.7 Å². The van der Waals surface area contributed by atoms with E-state index in [4.69, 9.17) is 10.8 Å². The first-order valence-electron chi connectivity index (χ1n) is 5.12. The molecule has 0 aliphatic rings. The number of ether oxygens (including phenoxy) is 1. The normalized spacial score (nSPS) is 11.8. The Morgan fingerprint density at radius 1 is 1.45 bits per heavy atom. The fourth-order valence-corrected chi connectivity index (χ4v) is 1.56. The van der Waals surface area contributed by atoms with Crippen molar-refractivity contribution >= 4 is 5.97 Å². The number of nitrogens with two attached hydrogens (primary N) is 1. The van der Waals surface area contributed by atoms with Crippen LogP contribution in [0, 0.1) is 0 Å². The molecule has 0 spiro atoms. The second-order valence-corrected chi connectivity index (χ2v) is 3.60. The highest BCUT2D eigenvalue weighted by molar-refractivity contribution is 5.71. The van der Waals surface area contributed by atoms with Crippen LogP contribution < -0.4 is 10.5 Å². The Kier molecular flexibility index (Phi) is 4.82. The lowest BCUT2D eigenvalue weighted by Crippen LogP contribution is -2.21. The quantitative estimate of drug-likeness (QED) is 0.812. The summed E-state index contributed by atoms with van der Waals surface area (Å²) in [4.78, 5) is 13.8. The van der Waals surface area contributed by atoms with E-state index >= 15 is 0 Å². The van der Waals surface area contributed by atoms with Crippen LogP contribution >= 0.6 is 0 Å². The molecule has 0 saturated heterocycles. The molecule has 0 aliphatic carbocycles. The summed E-state index contributed by atoms with van der Waals surface area (Å²) in [5, 5.41) is 8.58. The number of alkyl halides is 5. The van der Waals surface area contributed by atoms with Crippen LogP contribution in [0.25, 0.3) is 0 Å². The third-order valence-electron chi connectivity index (χ3n) is 2.24. The zero-order chi connectivity index (χ0) is 15.5. The summed E-state index contributed by atoms with van der Waals surface area (Å²) in [7, 11) is 0. The number of carbonyl (C=O) groups is 1. The molecule has 0 atom stereocenters. The molecule has 0 aromatic carbocycles. The first kappa shape index (κ1) is 16.1. The maximum Gasteiger partial charge on any atom is 0.574 e. The van der Waals surface area contributed by atoms with E-state index in [1.54, 1.807) is 0 Å². The maximum absolute atomic E-state index is 12.9. The second kappa shape index (κ2) is 5.99. The minimum atomic E-state index is -5.12. The molecule has 112 valence electrons. The third-order valence-corrected chi connectivity index (χ3v) is 2.24. The van der Waals surface area contributed by atoms with Gasteiger partial charge in [-0.15, -0.1) is 13.2 Å². The van der Waals surface area contributed by atoms with Gasteiger partial charge in [0.2, 0.25) is 5.88 Å². The van der Waals surface area contributed by atoms with Crippen molar-refractivity contribution in [2.24, 2.45) is 5.73 Å². The lowest BCUT2D eigenvalue weighted by atomic mass is 10.0. The Hall–Kier alpha value is -1.97. The summed E-state index contributed by atoms with van der Waals surface area (Å²) in [6.07, 6.45) is -8.53. The van der Waals surface area contributed by atoms with Crippen molar-refractivity contribution in [1.29, 1.82) is 0 Å². The minimum Gasteiger partial charge on any atom is -0.481 e. The number of carboxylic acids is 1. The van der Waals surface area contributed by atoms with Crippen LogP contribution in [0.3, 0.4) is 0 Å². The molecule has 1 rings (SSSR count). The zero-order valence-electron chi connectivity index (χ0n) is 9.75. The monoisotopic (exact) mass is 300 g/mol. The number of aliphatic carboxylic acids is 1. The van der Waals surface area contributed by atoms with E-state index in [1.807, 2.05) is 0 Å². The van der Waals surface area contributed by atoms with E-state index < -0.39 is 54.3 Å². The first-order valence-corrected chi connectivity index (χ1v) is 5.12. The van der Waals surface area contributed by atoms with Gasteiger partial charge in [0.05, 0.1) is 6.42 Å². The van der Waals surface area contributed by atoms with Gasteiger partial charge in [0.25, 0.3) is 6.43 Å². The average Bonchev–Trinajstić information content (AvgIpc) is 2.27. The molecule has 20 heavy (non-hydrogen) atoms. The standard InChI is InChI=1S/C10H9F5N2O3/c11-8(12)7-4(1-6(18)19)3-17-9(5(7)2-16)20-10(13,14)15/h3,8H,1-2,16H2,(H,18,19). The number of hydrogen-bond acceptors (Lipinski definition) is 4. The largest absolute Gasteiger partial charge is 0.574 e. The van der Waals surface area contributed by atoms with Gasteiger partial charge in [0.1, 0.15) is 0 Å². The molecule has 0 radical (unpaired) electrons. The number of aromatic nitrogens is 1. The Balaban J connectivity index is 3.37. The molecule has 1 heterocycles. The van der Waals surface area contributed by atoms with Crippen LogP contribution in [0.5, 0.6) is 5.88 Å². The van der Waals surface area contributed by atoms with Crippen LogP contribution in [0.1, 0.15) is 23.1 Å². The molecular formula is C10H9F5N2O3. The predicted octanol–water partition coefficient (Wildman–Crippen LogP) is 2.00. The zero-order valence-corrected chi connectivity index (χ0v) is 9.75. The van der Waals surface area contributed by atoms with Crippen molar-refractivity contribution in [2.45, 2.75) is 25.8 Å². The molecule has 0 amide bonds.